The summed E-state index contributed by atoms with van der Waals surface area (Å²) >= 11 is 0. The van der Waals surface area contributed by atoms with Crippen molar-refractivity contribution in [2.24, 2.45) is 17.8 Å². The van der Waals surface area contributed by atoms with Crippen molar-refractivity contribution < 1.29 is 14.1 Å². The van der Waals surface area contributed by atoms with E-state index in [0.29, 0.717) is 23.8 Å². The number of hydrogen-bond donors (Lipinski definition) is 1. The van der Waals surface area contributed by atoms with Gasteiger partial charge in [-0.05, 0) is 74.5 Å². The lowest BCUT2D eigenvalue weighted by Crippen LogP contribution is -2.41. The summed E-state index contributed by atoms with van der Waals surface area (Å²) in [6.07, 6.45) is 10.2. The van der Waals surface area contributed by atoms with Gasteiger partial charge in [0, 0.05) is 6.04 Å². The van der Waals surface area contributed by atoms with Crippen LogP contribution in [0.25, 0.3) is 0 Å². The minimum Gasteiger partial charge on any atom is -0.497 e. The number of amides is 1. The van der Waals surface area contributed by atoms with Gasteiger partial charge in [-0.25, -0.2) is 0 Å². The van der Waals surface area contributed by atoms with E-state index < -0.39 is 0 Å². The van der Waals surface area contributed by atoms with Crippen LogP contribution >= 0.6 is 0 Å². The smallest absolute Gasteiger partial charge is 0.230 e. The molecule has 6 rings (SSSR count). The monoisotopic (exact) mass is 421 g/mol. The number of hydrogen-bond acceptors (Lipinski definition) is 5. The molecule has 164 valence electrons. The molecule has 0 saturated heterocycles. The van der Waals surface area contributed by atoms with Crippen molar-refractivity contribution in [3.8, 4) is 5.75 Å². The molecule has 4 aliphatic carbocycles. The average molecular weight is 422 g/mol. The number of ether oxygens (including phenoxy) is 1. The summed E-state index contributed by atoms with van der Waals surface area (Å²) in [6, 6.07) is 8.57. The highest BCUT2D eigenvalue weighted by molar-refractivity contribution is 5.81. The van der Waals surface area contributed by atoms with Crippen LogP contribution in [0.3, 0.4) is 0 Å². The summed E-state index contributed by atoms with van der Waals surface area (Å²) in [5, 5.41) is 7.80. The standard InChI is InChI=1S/C25H31N3O3/c1-30-19-10-8-17(9-11-19)25(12-13-25)24-27-23(31-28-24)21-16-7-6-15(14-16)20(21)22(29)26-18-4-2-3-5-18/h8-11,15-16,18,20-21H,2-7,12-14H2,1H3,(H,26,29)/t15-,16+,20-,21-/m0/s1. The number of carbonyl (C=O) groups is 1. The lowest BCUT2D eigenvalue weighted by Gasteiger charge is -2.28. The first-order chi connectivity index (χ1) is 15.2. The van der Waals surface area contributed by atoms with E-state index >= 15 is 0 Å². The maximum absolute atomic E-state index is 13.3. The van der Waals surface area contributed by atoms with Crippen LogP contribution in [0.5, 0.6) is 5.75 Å². The Labute approximate surface area is 183 Å². The Hall–Kier alpha value is -2.37. The van der Waals surface area contributed by atoms with Crippen LogP contribution in [0.15, 0.2) is 28.8 Å². The third-order valence-corrected chi connectivity index (χ3v) is 8.47. The van der Waals surface area contributed by atoms with Crippen LogP contribution in [0.4, 0.5) is 0 Å². The van der Waals surface area contributed by atoms with Crippen molar-refractivity contribution in [2.45, 2.75) is 75.2 Å². The number of benzene rings is 1. The van der Waals surface area contributed by atoms with E-state index in [4.69, 9.17) is 14.2 Å². The highest BCUT2D eigenvalue weighted by Crippen LogP contribution is 2.58. The van der Waals surface area contributed by atoms with Gasteiger partial charge in [-0.3, -0.25) is 4.79 Å². The molecule has 4 atom stereocenters. The fourth-order valence-corrected chi connectivity index (χ4v) is 6.63. The molecule has 1 amide bonds. The number of fused-ring (bicyclic) bond motifs is 2. The number of aromatic nitrogens is 2. The van der Waals surface area contributed by atoms with Gasteiger partial charge >= 0.3 is 0 Å². The molecule has 1 heterocycles. The molecule has 1 aromatic heterocycles. The second-order valence-corrected chi connectivity index (χ2v) is 10.1. The van der Waals surface area contributed by atoms with Crippen molar-refractivity contribution in [1.82, 2.24) is 15.5 Å². The summed E-state index contributed by atoms with van der Waals surface area (Å²) in [6.45, 7) is 0. The van der Waals surface area contributed by atoms with Crippen LogP contribution < -0.4 is 10.1 Å². The fourth-order valence-electron chi connectivity index (χ4n) is 6.63. The number of nitrogens with zero attached hydrogens (tertiary/aromatic N) is 2. The highest BCUT2D eigenvalue weighted by atomic mass is 16.5. The Morgan fingerprint density at radius 2 is 1.84 bits per heavy atom. The van der Waals surface area contributed by atoms with Gasteiger partial charge in [0.05, 0.1) is 24.4 Å². The van der Waals surface area contributed by atoms with Gasteiger partial charge in [-0.15, -0.1) is 0 Å². The molecule has 0 radical (unpaired) electrons. The van der Waals surface area contributed by atoms with Gasteiger partial charge in [-0.2, -0.15) is 4.98 Å². The minimum atomic E-state index is -0.146. The minimum absolute atomic E-state index is 0.0104. The third-order valence-electron chi connectivity index (χ3n) is 8.47. The molecule has 6 nitrogen and oxygen atoms in total. The topological polar surface area (TPSA) is 77.2 Å². The van der Waals surface area contributed by atoms with Crippen molar-refractivity contribution in [3.05, 3.63) is 41.5 Å². The summed E-state index contributed by atoms with van der Waals surface area (Å²) in [4.78, 5) is 18.2. The van der Waals surface area contributed by atoms with E-state index in [1.165, 1.54) is 24.8 Å². The van der Waals surface area contributed by atoms with Crippen LogP contribution in [0.1, 0.15) is 81.0 Å². The van der Waals surface area contributed by atoms with E-state index in [1.54, 1.807) is 7.11 Å². The van der Waals surface area contributed by atoms with Crippen LogP contribution in [-0.4, -0.2) is 29.2 Å². The molecule has 4 fully saturated rings. The second-order valence-electron chi connectivity index (χ2n) is 10.1. The zero-order valence-corrected chi connectivity index (χ0v) is 18.2. The summed E-state index contributed by atoms with van der Waals surface area (Å²) in [5.41, 5.74) is 1.07. The SMILES string of the molecule is COc1ccc(C2(c3noc([C@H]4[C@@H]5CC[C@@H](C5)[C@@H]4C(=O)NC4CCCC4)n3)CC2)cc1. The molecule has 4 saturated carbocycles. The molecule has 31 heavy (non-hydrogen) atoms. The number of carbonyl (C=O) groups excluding carboxylic acids is 1. The zero-order chi connectivity index (χ0) is 21.0. The van der Waals surface area contributed by atoms with Crippen LogP contribution in [0.2, 0.25) is 0 Å². The fraction of sp³-hybridized carbons (Fsp3) is 0.640. The molecule has 6 heteroatoms. The Morgan fingerprint density at radius 3 is 2.55 bits per heavy atom. The first kappa shape index (κ1) is 19.3. The van der Waals surface area contributed by atoms with Crippen molar-refractivity contribution in [2.75, 3.05) is 7.11 Å². The number of nitrogens with one attached hydrogen (secondary N) is 1. The maximum atomic E-state index is 13.3. The zero-order valence-electron chi connectivity index (χ0n) is 18.2. The van der Waals surface area contributed by atoms with E-state index in [2.05, 4.69) is 22.6 Å². The van der Waals surface area contributed by atoms with Crippen LogP contribution in [-0.2, 0) is 10.2 Å². The molecule has 0 aliphatic heterocycles. The number of rotatable bonds is 6. The van der Waals surface area contributed by atoms with Gasteiger partial charge in [-0.1, -0.05) is 30.1 Å². The molecule has 1 N–H and O–H groups in total. The second kappa shape index (κ2) is 7.35. The van der Waals surface area contributed by atoms with Crippen molar-refractivity contribution in [3.63, 3.8) is 0 Å². The Kier molecular flexibility index (Phi) is 4.58. The van der Waals surface area contributed by atoms with Crippen LogP contribution in [0, 0.1) is 17.8 Å². The lowest BCUT2D eigenvalue weighted by molar-refractivity contribution is -0.128. The molecular weight excluding hydrogens is 390 g/mol. The molecular formula is C25H31N3O3. The third kappa shape index (κ3) is 3.17. The van der Waals surface area contributed by atoms with E-state index in [1.807, 2.05) is 12.1 Å². The number of methoxy groups -OCH3 is 1. The quantitative estimate of drug-likeness (QED) is 0.750. The predicted octanol–water partition coefficient (Wildman–Crippen LogP) is 4.35. The maximum Gasteiger partial charge on any atom is 0.230 e. The Bertz CT molecular complexity index is 959. The molecule has 2 bridgehead atoms. The van der Waals surface area contributed by atoms with Gasteiger partial charge in [0.15, 0.2) is 5.82 Å². The molecule has 4 aliphatic rings. The summed E-state index contributed by atoms with van der Waals surface area (Å²) in [7, 11) is 1.68. The summed E-state index contributed by atoms with van der Waals surface area (Å²) in [5.74, 6) is 3.57. The first-order valence-electron chi connectivity index (χ1n) is 12.0. The Balaban J connectivity index is 1.25. The van der Waals surface area contributed by atoms with Gasteiger partial charge in [0.1, 0.15) is 5.75 Å². The largest absolute Gasteiger partial charge is 0.497 e. The molecule has 1 aromatic carbocycles. The first-order valence-corrected chi connectivity index (χ1v) is 12.0. The van der Waals surface area contributed by atoms with E-state index in [9.17, 15) is 4.79 Å². The lowest BCUT2D eigenvalue weighted by atomic mass is 9.78. The highest BCUT2D eigenvalue weighted by Gasteiger charge is 2.55. The van der Waals surface area contributed by atoms with Crippen molar-refractivity contribution in [1.29, 1.82) is 0 Å². The van der Waals surface area contributed by atoms with Crippen molar-refractivity contribution >= 4 is 5.91 Å². The molecule has 2 aromatic rings. The molecule has 0 unspecified atom stereocenters. The van der Waals surface area contributed by atoms with E-state index in [-0.39, 0.29) is 23.2 Å². The predicted molar refractivity (Wildman–Crippen MR) is 115 cm³/mol. The van der Waals surface area contributed by atoms with Gasteiger partial charge in [0.2, 0.25) is 11.8 Å². The average Bonchev–Trinajstić information content (AvgIpc) is 3.29. The molecule has 0 spiro atoms. The Morgan fingerprint density at radius 1 is 1.10 bits per heavy atom. The summed E-state index contributed by atoms with van der Waals surface area (Å²) < 4.78 is 11.2. The van der Waals surface area contributed by atoms with Gasteiger partial charge < -0.3 is 14.6 Å². The normalized spacial score (nSPS) is 31.1. The van der Waals surface area contributed by atoms with E-state index in [0.717, 1.165) is 50.1 Å². The van der Waals surface area contributed by atoms with Gasteiger partial charge in [0.25, 0.3) is 0 Å².